The second kappa shape index (κ2) is 5.77. The molecule has 1 saturated carbocycles. The highest BCUT2D eigenvalue weighted by atomic mass is 127. The fourth-order valence-electron chi connectivity index (χ4n) is 2.29. The lowest BCUT2D eigenvalue weighted by Crippen LogP contribution is -2.21. The highest BCUT2D eigenvalue weighted by molar-refractivity contribution is 14.1. The lowest BCUT2D eigenvalue weighted by Gasteiger charge is -2.18. The Kier molecular flexibility index (Phi) is 4.34. The fraction of sp³-hybridized carbons (Fsp3) is 0.636. The van der Waals surface area contributed by atoms with Crippen LogP contribution in [-0.2, 0) is 0 Å². The van der Waals surface area contributed by atoms with Gasteiger partial charge in [-0.1, -0.05) is 6.42 Å². The predicted molar refractivity (Wildman–Crippen MR) is 71.2 cm³/mol. The van der Waals surface area contributed by atoms with Gasteiger partial charge in [0.25, 0.3) is 0 Å². The van der Waals surface area contributed by atoms with Crippen LogP contribution in [0.15, 0.2) is 12.5 Å². The van der Waals surface area contributed by atoms with Gasteiger partial charge in [-0.2, -0.15) is 0 Å². The summed E-state index contributed by atoms with van der Waals surface area (Å²) in [4.78, 5) is 8.16. The van der Waals surface area contributed by atoms with E-state index in [9.17, 15) is 5.11 Å². The van der Waals surface area contributed by atoms with Crippen LogP contribution in [0.4, 0.5) is 5.82 Å². The summed E-state index contributed by atoms with van der Waals surface area (Å²) in [5.41, 5.74) is 0. The molecule has 0 amide bonds. The normalized spacial score (nSPS) is 24.6. The Morgan fingerprint density at radius 1 is 1.44 bits per heavy atom. The number of hydrogen-bond donors (Lipinski definition) is 2. The van der Waals surface area contributed by atoms with Crippen molar-refractivity contribution in [3.63, 3.8) is 0 Å². The Morgan fingerprint density at radius 2 is 2.25 bits per heavy atom. The van der Waals surface area contributed by atoms with Gasteiger partial charge in [0.05, 0.1) is 3.57 Å². The smallest absolute Gasteiger partial charge is 0.142 e. The van der Waals surface area contributed by atoms with E-state index >= 15 is 0 Å². The van der Waals surface area contributed by atoms with E-state index in [-0.39, 0.29) is 0 Å². The van der Waals surface area contributed by atoms with Crippen LogP contribution in [0.25, 0.3) is 0 Å². The summed E-state index contributed by atoms with van der Waals surface area (Å²) in [6, 6.07) is 0. The summed E-state index contributed by atoms with van der Waals surface area (Å²) in [7, 11) is 0. The van der Waals surface area contributed by atoms with Crippen molar-refractivity contribution in [3.8, 4) is 0 Å². The summed E-state index contributed by atoms with van der Waals surface area (Å²) >= 11 is 2.22. The van der Waals surface area contributed by atoms with Crippen molar-refractivity contribution >= 4 is 28.4 Å². The molecule has 1 aliphatic carbocycles. The highest BCUT2D eigenvalue weighted by Gasteiger charge is 2.26. The molecule has 0 aromatic carbocycles. The molecule has 0 aliphatic heterocycles. The van der Waals surface area contributed by atoms with E-state index in [2.05, 4.69) is 37.9 Å². The number of aromatic nitrogens is 2. The van der Waals surface area contributed by atoms with Crippen LogP contribution < -0.4 is 5.32 Å². The molecule has 0 spiro atoms. The van der Waals surface area contributed by atoms with Crippen LogP contribution in [0.1, 0.15) is 19.3 Å². The van der Waals surface area contributed by atoms with Crippen LogP contribution in [0.2, 0.25) is 0 Å². The zero-order chi connectivity index (χ0) is 11.4. The quantitative estimate of drug-likeness (QED) is 0.827. The molecule has 4 nitrogen and oxygen atoms in total. The summed E-state index contributed by atoms with van der Waals surface area (Å²) in [5.74, 6) is 1.95. The number of nitrogens with one attached hydrogen (secondary N) is 1. The number of halogens is 1. The van der Waals surface area contributed by atoms with E-state index in [0.717, 1.165) is 22.4 Å². The second-order valence-corrected chi connectivity index (χ2v) is 5.40. The summed E-state index contributed by atoms with van der Waals surface area (Å²) < 4.78 is 1.04. The van der Waals surface area contributed by atoms with Gasteiger partial charge in [-0.3, -0.25) is 0 Å². The molecule has 5 heteroatoms. The molecule has 2 atom stereocenters. The Morgan fingerprint density at radius 3 is 3.00 bits per heavy atom. The molecule has 1 aliphatic rings. The maximum Gasteiger partial charge on any atom is 0.142 e. The van der Waals surface area contributed by atoms with Gasteiger partial charge in [0.15, 0.2) is 0 Å². The van der Waals surface area contributed by atoms with Gasteiger partial charge in [0.1, 0.15) is 12.1 Å². The van der Waals surface area contributed by atoms with Crippen molar-refractivity contribution in [2.75, 3.05) is 18.5 Å². The number of nitrogens with zero attached hydrogens (tertiary/aromatic N) is 2. The van der Waals surface area contributed by atoms with Crippen LogP contribution >= 0.6 is 22.6 Å². The standard InChI is InChI=1S/C11H16IN3O/c12-10-5-13-7-15-11(10)14-4-8-2-1-3-9(8)6-16/h5,7-9,16H,1-4,6H2,(H,13,14,15). The van der Waals surface area contributed by atoms with Crippen molar-refractivity contribution in [1.82, 2.24) is 9.97 Å². The Balaban J connectivity index is 1.90. The number of aliphatic hydroxyl groups excluding tert-OH is 1. The molecule has 1 aromatic rings. The van der Waals surface area contributed by atoms with E-state index in [1.165, 1.54) is 12.8 Å². The first-order valence-electron chi connectivity index (χ1n) is 5.61. The maximum absolute atomic E-state index is 9.23. The first-order chi connectivity index (χ1) is 7.81. The van der Waals surface area contributed by atoms with Gasteiger partial charge in [0, 0.05) is 19.3 Å². The second-order valence-electron chi connectivity index (χ2n) is 4.23. The average Bonchev–Trinajstić information content (AvgIpc) is 2.75. The largest absolute Gasteiger partial charge is 0.396 e. The van der Waals surface area contributed by atoms with Crippen LogP contribution in [0.3, 0.4) is 0 Å². The van der Waals surface area contributed by atoms with Crippen molar-refractivity contribution < 1.29 is 5.11 Å². The summed E-state index contributed by atoms with van der Waals surface area (Å²) in [5, 5.41) is 12.6. The van der Waals surface area contributed by atoms with E-state index < -0.39 is 0 Å². The molecule has 1 heterocycles. The van der Waals surface area contributed by atoms with E-state index in [0.29, 0.717) is 18.4 Å². The van der Waals surface area contributed by atoms with Crippen molar-refractivity contribution in [2.45, 2.75) is 19.3 Å². The molecular weight excluding hydrogens is 317 g/mol. The first kappa shape index (κ1) is 12.0. The van der Waals surface area contributed by atoms with Crippen LogP contribution in [0, 0.1) is 15.4 Å². The van der Waals surface area contributed by atoms with Gasteiger partial charge < -0.3 is 10.4 Å². The third kappa shape index (κ3) is 2.82. The number of aliphatic hydroxyl groups is 1. The molecule has 0 radical (unpaired) electrons. The van der Waals surface area contributed by atoms with Crippen LogP contribution in [0.5, 0.6) is 0 Å². The lowest BCUT2D eigenvalue weighted by molar-refractivity contribution is 0.199. The SMILES string of the molecule is OCC1CCCC1CNc1ncncc1I. The molecule has 88 valence electrons. The molecule has 1 fully saturated rings. The van der Waals surface area contributed by atoms with Crippen molar-refractivity contribution in [1.29, 1.82) is 0 Å². The van der Waals surface area contributed by atoms with Gasteiger partial charge in [-0.25, -0.2) is 9.97 Å². The molecule has 0 saturated heterocycles. The van der Waals surface area contributed by atoms with Gasteiger partial charge in [0.2, 0.25) is 0 Å². The van der Waals surface area contributed by atoms with Crippen LogP contribution in [-0.4, -0.2) is 28.2 Å². The number of anilines is 1. The summed E-state index contributed by atoms with van der Waals surface area (Å²) in [6.45, 7) is 1.21. The fourth-order valence-corrected chi connectivity index (χ4v) is 2.78. The zero-order valence-corrected chi connectivity index (χ0v) is 11.2. The van der Waals surface area contributed by atoms with Gasteiger partial charge in [-0.05, 0) is 47.3 Å². The van der Waals surface area contributed by atoms with E-state index in [4.69, 9.17) is 0 Å². The molecule has 2 N–H and O–H groups in total. The minimum Gasteiger partial charge on any atom is -0.396 e. The third-order valence-electron chi connectivity index (χ3n) is 3.25. The maximum atomic E-state index is 9.23. The lowest BCUT2D eigenvalue weighted by atomic mass is 9.97. The van der Waals surface area contributed by atoms with Crippen molar-refractivity contribution in [3.05, 3.63) is 16.1 Å². The van der Waals surface area contributed by atoms with Gasteiger partial charge in [-0.15, -0.1) is 0 Å². The van der Waals surface area contributed by atoms with Crippen molar-refractivity contribution in [2.24, 2.45) is 11.8 Å². The monoisotopic (exact) mass is 333 g/mol. The predicted octanol–water partition coefficient (Wildman–Crippen LogP) is 1.90. The molecule has 0 bridgehead atoms. The Bertz CT molecular complexity index is 348. The Hall–Kier alpha value is -0.430. The minimum absolute atomic E-state index is 0.313. The van der Waals surface area contributed by atoms with E-state index in [1.54, 1.807) is 12.5 Å². The zero-order valence-electron chi connectivity index (χ0n) is 9.06. The number of hydrogen-bond acceptors (Lipinski definition) is 4. The number of rotatable bonds is 4. The average molecular weight is 333 g/mol. The molecule has 2 unspecified atom stereocenters. The van der Waals surface area contributed by atoms with E-state index in [1.807, 2.05) is 0 Å². The third-order valence-corrected chi connectivity index (χ3v) is 4.04. The highest BCUT2D eigenvalue weighted by Crippen LogP contribution is 2.31. The molecule has 1 aromatic heterocycles. The topological polar surface area (TPSA) is 58.0 Å². The minimum atomic E-state index is 0.313. The molecule has 16 heavy (non-hydrogen) atoms. The first-order valence-corrected chi connectivity index (χ1v) is 6.69. The Labute approximate surface area is 109 Å². The molecular formula is C11H16IN3O. The van der Waals surface area contributed by atoms with Gasteiger partial charge >= 0.3 is 0 Å². The molecule has 2 rings (SSSR count). The summed E-state index contributed by atoms with van der Waals surface area (Å²) in [6.07, 6.45) is 6.96.